The van der Waals surface area contributed by atoms with Crippen LogP contribution < -0.4 is 0 Å². The molecule has 0 aliphatic heterocycles. The van der Waals surface area contributed by atoms with Gasteiger partial charge in [-0.2, -0.15) is 0 Å². The fourth-order valence-corrected chi connectivity index (χ4v) is 3.01. The first-order valence-corrected chi connectivity index (χ1v) is 7.29. The topological polar surface area (TPSA) is 20.2 Å². The van der Waals surface area contributed by atoms with Crippen molar-refractivity contribution in [2.75, 3.05) is 0 Å². The summed E-state index contributed by atoms with van der Waals surface area (Å²) in [6, 6.07) is 8.46. The molecule has 100 valence electrons. The minimum absolute atomic E-state index is 0.271. The third kappa shape index (κ3) is 3.14. The van der Waals surface area contributed by atoms with E-state index < -0.39 is 0 Å². The maximum absolute atomic E-state index is 10.5. The molecule has 0 aromatic heterocycles. The number of benzene rings is 1. The predicted molar refractivity (Wildman–Crippen MR) is 76.5 cm³/mol. The van der Waals surface area contributed by atoms with Crippen LogP contribution in [0.1, 0.15) is 63.7 Å². The average molecular weight is 246 g/mol. The van der Waals surface area contributed by atoms with Crippen LogP contribution in [-0.4, -0.2) is 5.11 Å². The number of aryl methyl sites for hydroxylation is 1. The lowest BCUT2D eigenvalue weighted by Gasteiger charge is -2.36. The smallest absolute Gasteiger partial charge is 0.0818 e. The summed E-state index contributed by atoms with van der Waals surface area (Å²) in [6.07, 6.45) is 5.56. The maximum atomic E-state index is 10.5. The zero-order valence-electron chi connectivity index (χ0n) is 11.9. The Morgan fingerprint density at radius 1 is 1.28 bits per heavy atom. The van der Waals surface area contributed by atoms with Crippen molar-refractivity contribution >= 4 is 0 Å². The van der Waals surface area contributed by atoms with Gasteiger partial charge < -0.3 is 5.11 Å². The summed E-state index contributed by atoms with van der Waals surface area (Å²) in [7, 11) is 0. The summed E-state index contributed by atoms with van der Waals surface area (Å²) in [5.41, 5.74) is 2.91. The second-order valence-electron chi connectivity index (χ2n) is 6.55. The Morgan fingerprint density at radius 3 is 2.56 bits per heavy atom. The second kappa shape index (κ2) is 5.44. The fourth-order valence-electron chi connectivity index (χ4n) is 3.01. The Kier molecular flexibility index (Phi) is 4.11. The van der Waals surface area contributed by atoms with Crippen molar-refractivity contribution < 1.29 is 5.11 Å². The second-order valence-corrected chi connectivity index (χ2v) is 6.55. The summed E-state index contributed by atoms with van der Waals surface area (Å²) in [5, 5.41) is 10.5. The van der Waals surface area contributed by atoms with Crippen LogP contribution in [0.15, 0.2) is 24.3 Å². The van der Waals surface area contributed by atoms with E-state index in [1.165, 1.54) is 18.4 Å². The minimum atomic E-state index is -0.271. The van der Waals surface area contributed by atoms with Crippen molar-refractivity contribution in [2.45, 2.75) is 59.0 Å². The Bertz CT molecular complexity index is 384. The molecule has 1 nitrogen and oxygen atoms in total. The molecular formula is C17H26O. The third-order valence-electron chi connectivity index (χ3n) is 4.53. The molecule has 0 spiro atoms. The van der Waals surface area contributed by atoms with Crippen molar-refractivity contribution in [2.24, 2.45) is 11.3 Å². The molecule has 0 bridgehead atoms. The first-order chi connectivity index (χ1) is 8.52. The molecule has 0 heterocycles. The first kappa shape index (κ1) is 13.6. The largest absolute Gasteiger partial charge is 0.388 e. The molecule has 1 heteroatoms. The number of hydrogen-bond acceptors (Lipinski definition) is 1. The molecule has 0 amide bonds. The first-order valence-electron chi connectivity index (χ1n) is 7.29. The molecule has 0 saturated heterocycles. The van der Waals surface area contributed by atoms with E-state index in [1.54, 1.807) is 0 Å². The van der Waals surface area contributed by atoms with Gasteiger partial charge in [0.05, 0.1) is 6.10 Å². The number of hydrogen-bond donors (Lipinski definition) is 1. The molecule has 1 atom stereocenters. The molecule has 0 radical (unpaired) electrons. The van der Waals surface area contributed by atoms with E-state index in [0.717, 1.165) is 24.8 Å². The van der Waals surface area contributed by atoms with Gasteiger partial charge in [-0.1, -0.05) is 45.0 Å². The van der Waals surface area contributed by atoms with Crippen LogP contribution in [0.3, 0.4) is 0 Å². The van der Waals surface area contributed by atoms with Gasteiger partial charge in [-0.05, 0) is 54.6 Å². The highest BCUT2D eigenvalue weighted by molar-refractivity contribution is 5.25. The highest BCUT2D eigenvalue weighted by Crippen LogP contribution is 2.42. The molecule has 1 aliphatic rings. The van der Waals surface area contributed by atoms with E-state index in [0.29, 0.717) is 11.3 Å². The number of aliphatic hydroxyl groups excluding tert-OH is 1. The Balaban J connectivity index is 2.05. The molecule has 2 rings (SSSR count). The highest BCUT2D eigenvalue weighted by Gasteiger charge is 2.31. The number of aliphatic hydroxyl groups is 1. The zero-order valence-corrected chi connectivity index (χ0v) is 11.9. The SMILES string of the molecule is CCc1cccc(C(O)C2CCC(C)(C)CC2)c1. The maximum Gasteiger partial charge on any atom is 0.0818 e. The molecule has 18 heavy (non-hydrogen) atoms. The lowest BCUT2D eigenvalue weighted by molar-refractivity contribution is 0.0567. The molecule has 1 saturated carbocycles. The van der Waals surface area contributed by atoms with Crippen molar-refractivity contribution in [3.8, 4) is 0 Å². The Labute approximate surface area is 111 Å². The summed E-state index contributed by atoms with van der Waals surface area (Å²) in [6.45, 7) is 6.84. The summed E-state index contributed by atoms with van der Waals surface area (Å²) >= 11 is 0. The monoisotopic (exact) mass is 246 g/mol. The van der Waals surface area contributed by atoms with E-state index in [9.17, 15) is 5.11 Å². The van der Waals surface area contributed by atoms with Crippen LogP contribution in [0, 0.1) is 11.3 Å². The van der Waals surface area contributed by atoms with E-state index in [4.69, 9.17) is 0 Å². The molecule has 1 N–H and O–H groups in total. The lowest BCUT2D eigenvalue weighted by Crippen LogP contribution is -2.25. The standard InChI is InChI=1S/C17H26O/c1-4-13-6-5-7-15(12-13)16(18)14-8-10-17(2,3)11-9-14/h5-7,12,14,16,18H,4,8-11H2,1-3H3. The van der Waals surface area contributed by atoms with E-state index in [-0.39, 0.29) is 6.10 Å². The van der Waals surface area contributed by atoms with Gasteiger partial charge in [-0.25, -0.2) is 0 Å². The average Bonchev–Trinajstić information content (AvgIpc) is 2.38. The van der Waals surface area contributed by atoms with Gasteiger partial charge in [-0.3, -0.25) is 0 Å². The third-order valence-corrected chi connectivity index (χ3v) is 4.53. The van der Waals surface area contributed by atoms with Gasteiger partial charge in [-0.15, -0.1) is 0 Å². The Morgan fingerprint density at radius 2 is 1.94 bits per heavy atom. The van der Waals surface area contributed by atoms with Crippen LogP contribution in [0.25, 0.3) is 0 Å². The highest BCUT2D eigenvalue weighted by atomic mass is 16.3. The molecule has 1 aromatic carbocycles. The number of rotatable bonds is 3. The lowest BCUT2D eigenvalue weighted by atomic mass is 9.71. The quantitative estimate of drug-likeness (QED) is 0.832. The fraction of sp³-hybridized carbons (Fsp3) is 0.647. The van der Waals surface area contributed by atoms with E-state index in [2.05, 4.69) is 45.0 Å². The summed E-state index contributed by atoms with van der Waals surface area (Å²) in [5.74, 6) is 0.449. The van der Waals surface area contributed by atoms with Crippen molar-refractivity contribution in [1.29, 1.82) is 0 Å². The summed E-state index contributed by atoms with van der Waals surface area (Å²) in [4.78, 5) is 0. The van der Waals surface area contributed by atoms with Crippen LogP contribution in [0.5, 0.6) is 0 Å². The van der Waals surface area contributed by atoms with Gasteiger partial charge in [0.1, 0.15) is 0 Å². The van der Waals surface area contributed by atoms with Gasteiger partial charge in [0.2, 0.25) is 0 Å². The van der Waals surface area contributed by atoms with Gasteiger partial charge in [0.15, 0.2) is 0 Å². The van der Waals surface area contributed by atoms with Crippen molar-refractivity contribution in [3.63, 3.8) is 0 Å². The minimum Gasteiger partial charge on any atom is -0.388 e. The van der Waals surface area contributed by atoms with Crippen LogP contribution >= 0.6 is 0 Å². The van der Waals surface area contributed by atoms with E-state index in [1.807, 2.05) is 0 Å². The molecule has 1 aliphatic carbocycles. The van der Waals surface area contributed by atoms with Crippen molar-refractivity contribution in [1.82, 2.24) is 0 Å². The zero-order chi connectivity index (χ0) is 13.2. The van der Waals surface area contributed by atoms with Crippen LogP contribution in [0.2, 0.25) is 0 Å². The molecule has 1 fully saturated rings. The van der Waals surface area contributed by atoms with Crippen molar-refractivity contribution in [3.05, 3.63) is 35.4 Å². The van der Waals surface area contributed by atoms with Crippen LogP contribution in [0.4, 0.5) is 0 Å². The van der Waals surface area contributed by atoms with Gasteiger partial charge in [0.25, 0.3) is 0 Å². The molecule has 1 aromatic rings. The van der Waals surface area contributed by atoms with Gasteiger partial charge in [0, 0.05) is 0 Å². The molecular weight excluding hydrogens is 220 g/mol. The normalized spacial score (nSPS) is 21.8. The van der Waals surface area contributed by atoms with Gasteiger partial charge >= 0.3 is 0 Å². The van der Waals surface area contributed by atoms with Crippen LogP contribution in [-0.2, 0) is 6.42 Å². The molecule has 1 unspecified atom stereocenters. The summed E-state index contributed by atoms with van der Waals surface area (Å²) < 4.78 is 0. The Hall–Kier alpha value is -0.820. The predicted octanol–water partition coefficient (Wildman–Crippen LogP) is 4.50. The van der Waals surface area contributed by atoms with E-state index >= 15 is 0 Å².